The molecule has 1 N–H and O–H groups in total. The molecule has 1 atom stereocenters. The Balaban J connectivity index is 1.53. The van der Waals surface area contributed by atoms with Gasteiger partial charge in [-0.05, 0) is 73.4 Å². The van der Waals surface area contributed by atoms with Crippen molar-refractivity contribution in [3.63, 3.8) is 0 Å². The third-order valence-electron chi connectivity index (χ3n) is 5.98. The van der Waals surface area contributed by atoms with Gasteiger partial charge in [-0.2, -0.15) is 0 Å². The third-order valence-corrected chi connectivity index (χ3v) is 6.91. The van der Waals surface area contributed by atoms with Gasteiger partial charge in [0.25, 0.3) is 0 Å². The van der Waals surface area contributed by atoms with Gasteiger partial charge < -0.3 is 10.1 Å². The van der Waals surface area contributed by atoms with Gasteiger partial charge in [0.1, 0.15) is 5.75 Å². The molecule has 0 spiro atoms. The maximum Gasteiger partial charge on any atom is 0.234 e. The lowest BCUT2D eigenvalue weighted by Crippen LogP contribution is -2.14. The molecule has 4 rings (SSSR count). The average Bonchev–Trinajstić information content (AvgIpc) is 3.32. The van der Waals surface area contributed by atoms with Gasteiger partial charge in [0.15, 0.2) is 11.0 Å². The highest BCUT2D eigenvalue weighted by Crippen LogP contribution is 2.29. The van der Waals surface area contributed by atoms with Crippen molar-refractivity contribution < 1.29 is 9.53 Å². The van der Waals surface area contributed by atoms with Crippen LogP contribution in [-0.2, 0) is 4.79 Å². The fourth-order valence-electron chi connectivity index (χ4n) is 3.67. The van der Waals surface area contributed by atoms with E-state index in [0.29, 0.717) is 16.9 Å². The van der Waals surface area contributed by atoms with Crippen LogP contribution in [0.2, 0.25) is 0 Å². The van der Waals surface area contributed by atoms with E-state index in [1.807, 2.05) is 53.1 Å². The minimum atomic E-state index is -0.0873. The number of nitrogens with zero attached hydrogens (tertiary/aromatic N) is 3. The van der Waals surface area contributed by atoms with Crippen molar-refractivity contribution in [1.29, 1.82) is 0 Å². The van der Waals surface area contributed by atoms with Crippen LogP contribution in [0.1, 0.15) is 37.3 Å². The van der Waals surface area contributed by atoms with Crippen LogP contribution < -0.4 is 10.1 Å². The molecule has 0 bridgehead atoms. The zero-order valence-corrected chi connectivity index (χ0v) is 21.3. The summed E-state index contributed by atoms with van der Waals surface area (Å²) in [6.07, 6.45) is 1.09. The van der Waals surface area contributed by atoms with E-state index >= 15 is 0 Å². The molecule has 0 saturated carbocycles. The van der Waals surface area contributed by atoms with Crippen LogP contribution in [0.3, 0.4) is 0 Å². The summed E-state index contributed by atoms with van der Waals surface area (Å²) in [4.78, 5) is 12.7. The Morgan fingerprint density at radius 3 is 2.31 bits per heavy atom. The summed E-state index contributed by atoms with van der Waals surface area (Å²) in [6, 6.07) is 24.0. The molecule has 1 aromatic heterocycles. The Kier molecular flexibility index (Phi) is 7.87. The molecular formula is C28H30N4O2S. The van der Waals surface area contributed by atoms with E-state index in [0.717, 1.165) is 29.1 Å². The maximum absolute atomic E-state index is 12.7. The second-order valence-electron chi connectivity index (χ2n) is 8.47. The second kappa shape index (κ2) is 11.2. The van der Waals surface area contributed by atoms with E-state index in [9.17, 15) is 4.79 Å². The van der Waals surface area contributed by atoms with Crippen LogP contribution in [0.5, 0.6) is 5.75 Å². The molecule has 0 aliphatic carbocycles. The Morgan fingerprint density at radius 1 is 1.00 bits per heavy atom. The van der Waals surface area contributed by atoms with Crippen LogP contribution in [0.4, 0.5) is 5.69 Å². The molecule has 1 amide bonds. The van der Waals surface area contributed by atoms with Gasteiger partial charge in [-0.25, -0.2) is 0 Å². The van der Waals surface area contributed by atoms with Gasteiger partial charge >= 0.3 is 0 Å². The third kappa shape index (κ3) is 5.92. The summed E-state index contributed by atoms with van der Waals surface area (Å²) >= 11 is 1.36. The monoisotopic (exact) mass is 486 g/mol. The highest BCUT2D eigenvalue weighted by molar-refractivity contribution is 7.99. The van der Waals surface area contributed by atoms with Crippen molar-refractivity contribution >= 4 is 23.4 Å². The average molecular weight is 487 g/mol. The molecule has 0 aliphatic heterocycles. The number of hydrogen-bond acceptors (Lipinski definition) is 5. The molecular weight excluding hydrogens is 456 g/mol. The first-order chi connectivity index (χ1) is 17.0. The first-order valence-electron chi connectivity index (χ1n) is 11.7. The lowest BCUT2D eigenvalue weighted by molar-refractivity contribution is -0.113. The smallest absolute Gasteiger partial charge is 0.234 e. The number of thioether (sulfide) groups is 1. The number of carbonyl (C=O) groups is 1. The lowest BCUT2D eigenvalue weighted by atomic mass is 9.99. The number of amides is 1. The van der Waals surface area contributed by atoms with Crippen LogP contribution in [0.25, 0.3) is 17.1 Å². The number of aromatic nitrogens is 3. The number of anilines is 1. The van der Waals surface area contributed by atoms with Gasteiger partial charge in [-0.15, -0.1) is 10.2 Å². The topological polar surface area (TPSA) is 69.0 Å². The molecule has 180 valence electrons. The van der Waals surface area contributed by atoms with Crippen LogP contribution >= 0.6 is 11.8 Å². The zero-order valence-electron chi connectivity index (χ0n) is 20.5. The molecule has 6 nitrogen and oxygen atoms in total. The van der Waals surface area contributed by atoms with E-state index in [1.165, 1.54) is 22.9 Å². The number of carbonyl (C=O) groups excluding carboxylic acids is 1. The molecule has 0 radical (unpaired) electrons. The summed E-state index contributed by atoms with van der Waals surface area (Å²) in [7, 11) is 1.64. The quantitative estimate of drug-likeness (QED) is 0.274. The summed E-state index contributed by atoms with van der Waals surface area (Å²) in [5.41, 5.74) is 5.09. The van der Waals surface area contributed by atoms with E-state index in [-0.39, 0.29) is 11.7 Å². The normalized spacial score (nSPS) is 11.8. The van der Waals surface area contributed by atoms with Gasteiger partial charge in [-0.1, -0.05) is 55.4 Å². The molecule has 35 heavy (non-hydrogen) atoms. The molecule has 0 fully saturated rings. The first kappa shape index (κ1) is 24.5. The van der Waals surface area contributed by atoms with Crippen molar-refractivity contribution in [2.75, 3.05) is 18.2 Å². The van der Waals surface area contributed by atoms with E-state index in [2.05, 4.69) is 60.6 Å². The molecule has 0 aliphatic rings. The summed E-state index contributed by atoms with van der Waals surface area (Å²) in [5.74, 6) is 2.12. The fraction of sp³-hybridized carbons (Fsp3) is 0.250. The highest BCUT2D eigenvalue weighted by Gasteiger charge is 2.17. The predicted molar refractivity (Wildman–Crippen MR) is 143 cm³/mol. The van der Waals surface area contributed by atoms with Crippen molar-refractivity contribution in [2.45, 2.75) is 38.3 Å². The Morgan fingerprint density at radius 2 is 1.69 bits per heavy atom. The van der Waals surface area contributed by atoms with E-state index < -0.39 is 0 Å². The number of methoxy groups -OCH3 is 1. The molecule has 7 heteroatoms. The number of hydrogen-bond donors (Lipinski definition) is 1. The summed E-state index contributed by atoms with van der Waals surface area (Å²) in [6.45, 7) is 6.43. The SMILES string of the molecule is CC[C@@H](C)c1ccc(NC(=O)CSc2nnc(-c3ccc(OC)cc3)n2-c2ccc(C)cc2)cc1. The number of benzene rings is 3. The van der Waals surface area contributed by atoms with Gasteiger partial charge in [0.05, 0.1) is 12.9 Å². The molecule has 0 unspecified atom stereocenters. The van der Waals surface area contributed by atoms with Crippen molar-refractivity contribution in [3.05, 3.63) is 83.9 Å². The van der Waals surface area contributed by atoms with Crippen LogP contribution in [0.15, 0.2) is 78.0 Å². The number of nitrogens with one attached hydrogen (secondary N) is 1. The van der Waals surface area contributed by atoms with E-state index in [1.54, 1.807) is 7.11 Å². The summed E-state index contributed by atoms with van der Waals surface area (Å²) in [5, 5.41) is 12.5. The zero-order chi connectivity index (χ0) is 24.8. The van der Waals surface area contributed by atoms with Crippen molar-refractivity contribution in [2.24, 2.45) is 0 Å². The van der Waals surface area contributed by atoms with Gasteiger partial charge in [0, 0.05) is 16.9 Å². The maximum atomic E-state index is 12.7. The number of ether oxygens (including phenoxy) is 1. The Bertz CT molecular complexity index is 1270. The van der Waals surface area contributed by atoms with Crippen LogP contribution in [0, 0.1) is 6.92 Å². The number of aryl methyl sites for hydroxylation is 1. The predicted octanol–water partition coefficient (Wildman–Crippen LogP) is 6.50. The molecule has 4 aromatic rings. The van der Waals surface area contributed by atoms with Gasteiger partial charge in [-0.3, -0.25) is 9.36 Å². The van der Waals surface area contributed by atoms with Gasteiger partial charge in [0.2, 0.25) is 5.91 Å². The largest absolute Gasteiger partial charge is 0.497 e. The Hall–Kier alpha value is -3.58. The standard InChI is InChI=1S/C28H30N4O2S/c1-5-20(3)21-8-12-23(13-9-21)29-26(33)18-35-28-31-30-27(22-10-16-25(34-4)17-11-22)32(28)24-14-6-19(2)7-15-24/h6-17,20H,5,18H2,1-4H3,(H,29,33)/t20-/m1/s1. The molecule has 0 saturated heterocycles. The van der Waals surface area contributed by atoms with Crippen molar-refractivity contribution in [1.82, 2.24) is 14.8 Å². The highest BCUT2D eigenvalue weighted by atomic mass is 32.2. The fourth-order valence-corrected chi connectivity index (χ4v) is 4.43. The van der Waals surface area contributed by atoms with Crippen LogP contribution in [-0.4, -0.2) is 33.5 Å². The minimum absolute atomic E-state index is 0.0873. The second-order valence-corrected chi connectivity index (χ2v) is 9.42. The first-order valence-corrected chi connectivity index (χ1v) is 12.7. The molecule has 1 heterocycles. The Labute approximate surface area is 210 Å². The van der Waals surface area contributed by atoms with E-state index in [4.69, 9.17) is 4.74 Å². The minimum Gasteiger partial charge on any atom is -0.497 e. The summed E-state index contributed by atoms with van der Waals surface area (Å²) < 4.78 is 7.27. The molecule has 3 aromatic carbocycles. The number of rotatable bonds is 9. The lowest BCUT2D eigenvalue weighted by Gasteiger charge is -2.12. The van der Waals surface area contributed by atoms with Crippen molar-refractivity contribution in [3.8, 4) is 22.8 Å².